The Bertz CT molecular complexity index is 525. The van der Waals surface area contributed by atoms with Crippen LogP contribution in [0.1, 0.15) is 26.5 Å². The summed E-state index contributed by atoms with van der Waals surface area (Å²) in [6, 6.07) is 6.51. The lowest BCUT2D eigenvalue weighted by Crippen LogP contribution is -1.99. The Morgan fingerprint density at radius 2 is 1.88 bits per heavy atom. The predicted molar refractivity (Wildman–Crippen MR) is 53.9 cm³/mol. The van der Waals surface area contributed by atoms with Crippen LogP contribution in [0.2, 0.25) is 0 Å². The summed E-state index contributed by atoms with van der Waals surface area (Å²) >= 11 is 0. The van der Waals surface area contributed by atoms with E-state index in [2.05, 4.69) is 0 Å². The van der Waals surface area contributed by atoms with Crippen molar-refractivity contribution >= 4 is 12.1 Å². The molecule has 1 heterocycles. The molecular formula is C12H7FO3. The van der Waals surface area contributed by atoms with Crippen LogP contribution in [0.4, 0.5) is 4.39 Å². The van der Waals surface area contributed by atoms with Crippen molar-refractivity contribution in [1.29, 1.82) is 0 Å². The van der Waals surface area contributed by atoms with E-state index in [9.17, 15) is 14.0 Å². The molecule has 0 unspecified atom stereocenters. The molecule has 16 heavy (non-hydrogen) atoms. The average Bonchev–Trinajstić information content (AvgIpc) is 2.77. The highest BCUT2D eigenvalue weighted by Crippen LogP contribution is 2.13. The Morgan fingerprint density at radius 1 is 1.19 bits per heavy atom. The van der Waals surface area contributed by atoms with Crippen molar-refractivity contribution in [2.45, 2.75) is 0 Å². The van der Waals surface area contributed by atoms with Gasteiger partial charge in [-0.2, -0.15) is 0 Å². The lowest BCUT2D eigenvalue weighted by Gasteiger charge is -1.96. The molecule has 2 rings (SSSR count). The van der Waals surface area contributed by atoms with Crippen LogP contribution in [0.3, 0.4) is 0 Å². The van der Waals surface area contributed by atoms with E-state index in [4.69, 9.17) is 4.42 Å². The molecule has 4 heteroatoms. The molecule has 0 radical (unpaired) electrons. The van der Waals surface area contributed by atoms with Crippen LogP contribution in [0.5, 0.6) is 0 Å². The summed E-state index contributed by atoms with van der Waals surface area (Å²) in [5, 5.41) is 0. The smallest absolute Gasteiger partial charge is 0.196 e. The van der Waals surface area contributed by atoms with Crippen LogP contribution in [0.15, 0.2) is 41.0 Å². The monoisotopic (exact) mass is 218 g/mol. The highest BCUT2D eigenvalue weighted by Gasteiger charge is 2.12. The van der Waals surface area contributed by atoms with Gasteiger partial charge in [0, 0.05) is 5.56 Å². The van der Waals surface area contributed by atoms with Gasteiger partial charge in [-0.25, -0.2) is 4.39 Å². The second kappa shape index (κ2) is 4.10. The quantitative estimate of drug-likeness (QED) is 0.587. The highest BCUT2D eigenvalue weighted by atomic mass is 19.1. The number of aldehydes is 1. The van der Waals surface area contributed by atoms with Crippen LogP contribution >= 0.6 is 0 Å². The third kappa shape index (κ3) is 1.91. The minimum absolute atomic E-state index is 0.0884. The van der Waals surface area contributed by atoms with Gasteiger partial charge in [0.15, 0.2) is 17.8 Å². The topological polar surface area (TPSA) is 47.3 Å². The van der Waals surface area contributed by atoms with E-state index >= 15 is 0 Å². The molecule has 0 spiro atoms. The molecule has 0 atom stereocenters. The molecule has 0 aliphatic heterocycles. The number of benzene rings is 1. The first-order valence-corrected chi connectivity index (χ1v) is 4.54. The maximum atomic E-state index is 12.6. The Labute approximate surface area is 90.5 Å². The second-order valence-electron chi connectivity index (χ2n) is 3.19. The molecule has 1 aromatic carbocycles. The van der Waals surface area contributed by atoms with Gasteiger partial charge in [0.25, 0.3) is 0 Å². The fraction of sp³-hybridized carbons (Fsp3) is 0. The third-order valence-corrected chi connectivity index (χ3v) is 2.10. The molecular weight excluding hydrogens is 211 g/mol. The van der Waals surface area contributed by atoms with Gasteiger partial charge in [-0.1, -0.05) is 0 Å². The number of halogens is 1. The van der Waals surface area contributed by atoms with Gasteiger partial charge in [-0.3, -0.25) is 9.59 Å². The third-order valence-electron chi connectivity index (χ3n) is 2.10. The molecule has 3 nitrogen and oxygen atoms in total. The number of carbonyl (C=O) groups excluding carboxylic acids is 2. The maximum absolute atomic E-state index is 12.6. The maximum Gasteiger partial charge on any atom is 0.196 e. The van der Waals surface area contributed by atoms with Crippen LogP contribution in [0.25, 0.3) is 0 Å². The second-order valence-corrected chi connectivity index (χ2v) is 3.19. The van der Waals surface area contributed by atoms with E-state index in [1.54, 1.807) is 0 Å². The van der Waals surface area contributed by atoms with Crippen molar-refractivity contribution in [2.24, 2.45) is 0 Å². The molecule has 0 fully saturated rings. The summed E-state index contributed by atoms with van der Waals surface area (Å²) in [5.41, 5.74) is 0.619. The number of hydrogen-bond donors (Lipinski definition) is 0. The lowest BCUT2D eigenvalue weighted by molar-refractivity contribution is 0.103. The van der Waals surface area contributed by atoms with Crippen molar-refractivity contribution in [1.82, 2.24) is 0 Å². The number of ketones is 1. The molecule has 80 valence electrons. The average molecular weight is 218 g/mol. The first-order valence-electron chi connectivity index (χ1n) is 4.54. The first-order chi connectivity index (χ1) is 7.70. The van der Waals surface area contributed by atoms with Gasteiger partial charge >= 0.3 is 0 Å². The number of carbonyl (C=O) groups is 2. The van der Waals surface area contributed by atoms with Gasteiger partial charge in [-0.05, 0) is 30.3 Å². The lowest BCUT2D eigenvalue weighted by atomic mass is 10.1. The fourth-order valence-corrected chi connectivity index (χ4v) is 1.30. The van der Waals surface area contributed by atoms with Gasteiger partial charge in [0.05, 0.1) is 5.56 Å². The number of rotatable bonds is 3. The summed E-state index contributed by atoms with van der Waals surface area (Å²) in [6.45, 7) is 0. The van der Waals surface area contributed by atoms with E-state index in [-0.39, 0.29) is 17.1 Å². The SMILES string of the molecule is O=Cc1cc(C(=O)c2ccc(F)cc2)co1. The van der Waals surface area contributed by atoms with E-state index < -0.39 is 5.82 Å². The molecule has 0 N–H and O–H groups in total. The van der Waals surface area contributed by atoms with Crippen molar-refractivity contribution in [3.8, 4) is 0 Å². The summed E-state index contributed by atoms with van der Waals surface area (Å²) in [7, 11) is 0. The molecule has 2 aromatic rings. The minimum atomic E-state index is -0.405. The Hall–Kier alpha value is -2.23. The predicted octanol–water partition coefficient (Wildman–Crippen LogP) is 2.46. The van der Waals surface area contributed by atoms with Crippen molar-refractivity contribution < 1.29 is 18.4 Å². The zero-order valence-electron chi connectivity index (χ0n) is 8.14. The van der Waals surface area contributed by atoms with Crippen LogP contribution in [-0.4, -0.2) is 12.1 Å². The van der Waals surface area contributed by atoms with Gasteiger partial charge in [-0.15, -0.1) is 0 Å². The van der Waals surface area contributed by atoms with Gasteiger partial charge in [0.1, 0.15) is 12.1 Å². The van der Waals surface area contributed by atoms with Crippen LogP contribution in [0, 0.1) is 5.82 Å². The summed E-state index contributed by atoms with van der Waals surface area (Å²) in [6.07, 6.45) is 1.72. The van der Waals surface area contributed by atoms with Gasteiger partial charge < -0.3 is 4.42 Å². The van der Waals surface area contributed by atoms with E-state index in [1.165, 1.54) is 36.6 Å². The molecule has 0 amide bonds. The molecule has 1 aromatic heterocycles. The minimum Gasteiger partial charge on any atom is -0.461 e. The number of furan rings is 1. The largest absolute Gasteiger partial charge is 0.461 e. The summed E-state index contributed by atoms with van der Waals surface area (Å²) < 4.78 is 17.5. The molecule has 0 aliphatic rings. The van der Waals surface area contributed by atoms with Crippen molar-refractivity contribution in [3.05, 3.63) is 59.3 Å². The molecule has 0 bridgehead atoms. The van der Waals surface area contributed by atoms with Gasteiger partial charge in [0.2, 0.25) is 0 Å². The molecule has 0 aliphatic carbocycles. The Balaban J connectivity index is 2.31. The zero-order valence-corrected chi connectivity index (χ0v) is 8.14. The summed E-state index contributed by atoms with van der Waals surface area (Å²) in [4.78, 5) is 22.2. The Kier molecular flexibility index (Phi) is 2.64. The molecule has 0 saturated heterocycles. The van der Waals surface area contributed by atoms with Crippen LogP contribution in [-0.2, 0) is 0 Å². The highest BCUT2D eigenvalue weighted by molar-refractivity contribution is 6.09. The standard InChI is InChI=1S/C12H7FO3/c13-10-3-1-8(2-4-10)12(15)9-5-11(6-14)16-7-9/h1-7H. The van der Waals surface area contributed by atoms with E-state index in [1.807, 2.05) is 0 Å². The number of hydrogen-bond acceptors (Lipinski definition) is 3. The molecule has 0 saturated carbocycles. The van der Waals surface area contributed by atoms with E-state index in [0.29, 0.717) is 11.8 Å². The fourth-order valence-electron chi connectivity index (χ4n) is 1.30. The van der Waals surface area contributed by atoms with Crippen LogP contribution < -0.4 is 0 Å². The first kappa shape index (κ1) is 10.3. The van der Waals surface area contributed by atoms with Crippen molar-refractivity contribution in [2.75, 3.05) is 0 Å². The zero-order chi connectivity index (χ0) is 11.5. The normalized spacial score (nSPS) is 10.1. The Morgan fingerprint density at radius 3 is 2.44 bits per heavy atom. The van der Waals surface area contributed by atoms with E-state index in [0.717, 1.165) is 0 Å². The summed E-state index contributed by atoms with van der Waals surface area (Å²) in [5.74, 6) is -0.625. The van der Waals surface area contributed by atoms with Crippen molar-refractivity contribution in [3.63, 3.8) is 0 Å².